The highest BCUT2D eigenvalue weighted by molar-refractivity contribution is 7.90. The van der Waals surface area contributed by atoms with Crippen molar-refractivity contribution < 1.29 is 22.7 Å². The van der Waals surface area contributed by atoms with Gasteiger partial charge < -0.3 is 15.2 Å². The zero-order valence-electron chi connectivity index (χ0n) is 10.1. The molecular formula is C11H15NO5S. The molecule has 1 unspecified atom stereocenters. The summed E-state index contributed by atoms with van der Waals surface area (Å²) >= 11 is 0. The average Bonchev–Trinajstić information content (AvgIpc) is 2.34. The van der Waals surface area contributed by atoms with Gasteiger partial charge in [0.05, 0.1) is 12.0 Å². The fourth-order valence-corrected chi connectivity index (χ4v) is 1.86. The predicted octanol–water partition coefficient (Wildman–Crippen LogP) is -0.0308. The summed E-state index contributed by atoms with van der Waals surface area (Å²) in [6.07, 6.45) is 1.10. The van der Waals surface area contributed by atoms with Crippen LogP contribution in [0.2, 0.25) is 0 Å². The molecule has 0 heterocycles. The van der Waals surface area contributed by atoms with Crippen molar-refractivity contribution >= 4 is 15.8 Å². The minimum absolute atomic E-state index is 0.0834. The number of nitrogens with two attached hydrogens (primary N) is 1. The zero-order valence-corrected chi connectivity index (χ0v) is 10.9. The van der Waals surface area contributed by atoms with Crippen LogP contribution >= 0.6 is 0 Å². The lowest BCUT2D eigenvalue weighted by Crippen LogP contribution is -2.37. The van der Waals surface area contributed by atoms with Gasteiger partial charge in [0, 0.05) is 6.26 Å². The van der Waals surface area contributed by atoms with Crippen LogP contribution in [-0.4, -0.2) is 40.4 Å². The second kappa shape index (κ2) is 5.83. The Morgan fingerprint density at radius 3 is 2.67 bits per heavy atom. The van der Waals surface area contributed by atoms with Crippen LogP contribution in [0.15, 0.2) is 29.2 Å². The van der Waals surface area contributed by atoms with Gasteiger partial charge in [-0.25, -0.2) is 8.42 Å². The molecule has 0 saturated heterocycles. The van der Waals surface area contributed by atoms with Crippen LogP contribution < -0.4 is 10.5 Å². The number of sulfone groups is 1. The quantitative estimate of drug-likeness (QED) is 0.757. The second-order valence-corrected chi connectivity index (χ2v) is 5.70. The van der Waals surface area contributed by atoms with Gasteiger partial charge in [-0.3, -0.25) is 4.79 Å². The number of ether oxygens (including phenoxy) is 2. The molecule has 0 aliphatic heterocycles. The van der Waals surface area contributed by atoms with Crippen LogP contribution in [0.25, 0.3) is 0 Å². The van der Waals surface area contributed by atoms with Crippen molar-refractivity contribution in [2.45, 2.75) is 10.9 Å². The summed E-state index contributed by atoms with van der Waals surface area (Å²) in [6, 6.07) is 5.06. The molecule has 0 bridgehead atoms. The summed E-state index contributed by atoms with van der Waals surface area (Å²) in [5.41, 5.74) is 5.48. The summed E-state index contributed by atoms with van der Waals surface area (Å²) < 4.78 is 32.3. The third-order valence-corrected chi connectivity index (χ3v) is 3.28. The molecule has 1 aromatic rings. The average molecular weight is 273 g/mol. The highest BCUT2D eigenvalue weighted by Crippen LogP contribution is 2.17. The summed E-state index contributed by atoms with van der Waals surface area (Å²) in [5.74, 6) is -0.258. The van der Waals surface area contributed by atoms with Crippen molar-refractivity contribution in [3.05, 3.63) is 24.3 Å². The van der Waals surface area contributed by atoms with E-state index in [0.29, 0.717) is 5.75 Å². The van der Waals surface area contributed by atoms with Crippen LogP contribution in [-0.2, 0) is 19.4 Å². The van der Waals surface area contributed by atoms with Gasteiger partial charge in [-0.15, -0.1) is 0 Å². The fourth-order valence-electron chi connectivity index (χ4n) is 1.20. The molecule has 0 fully saturated rings. The molecular weight excluding hydrogens is 258 g/mol. The highest BCUT2D eigenvalue weighted by atomic mass is 32.2. The lowest BCUT2D eigenvalue weighted by Gasteiger charge is -2.11. The van der Waals surface area contributed by atoms with E-state index in [9.17, 15) is 13.2 Å². The molecule has 0 amide bonds. The molecule has 2 N–H and O–H groups in total. The van der Waals surface area contributed by atoms with E-state index in [1.165, 1.54) is 19.2 Å². The van der Waals surface area contributed by atoms with Gasteiger partial charge in [0.1, 0.15) is 18.4 Å². The Morgan fingerprint density at radius 2 is 2.11 bits per heavy atom. The lowest BCUT2D eigenvalue weighted by atomic mass is 10.3. The van der Waals surface area contributed by atoms with Crippen LogP contribution in [0.5, 0.6) is 5.75 Å². The molecule has 0 aromatic heterocycles. The maximum absolute atomic E-state index is 11.3. The van der Waals surface area contributed by atoms with Gasteiger partial charge in [-0.2, -0.15) is 0 Å². The Kier molecular flexibility index (Phi) is 4.69. The van der Waals surface area contributed by atoms with Gasteiger partial charge >= 0.3 is 5.97 Å². The largest absolute Gasteiger partial charge is 0.491 e. The van der Waals surface area contributed by atoms with Crippen molar-refractivity contribution in [3.8, 4) is 5.75 Å². The molecule has 1 atom stereocenters. The van der Waals surface area contributed by atoms with E-state index in [2.05, 4.69) is 4.74 Å². The van der Waals surface area contributed by atoms with Crippen LogP contribution in [0.4, 0.5) is 0 Å². The number of esters is 1. The van der Waals surface area contributed by atoms with Gasteiger partial charge in [0.25, 0.3) is 0 Å². The molecule has 6 nitrogen and oxygen atoms in total. The lowest BCUT2D eigenvalue weighted by molar-refractivity contribution is -0.142. The summed E-state index contributed by atoms with van der Waals surface area (Å²) in [4.78, 5) is 11.2. The monoisotopic (exact) mass is 273 g/mol. The predicted molar refractivity (Wildman–Crippen MR) is 65.0 cm³/mol. The highest BCUT2D eigenvalue weighted by Gasteiger charge is 2.15. The topological polar surface area (TPSA) is 95.7 Å². The number of benzene rings is 1. The summed E-state index contributed by atoms with van der Waals surface area (Å²) in [5, 5.41) is 0. The molecule has 0 saturated carbocycles. The standard InChI is InChI=1S/C11H15NO5S/c1-16-11(13)10(12)7-17-8-4-3-5-9(6-8)18(2,14)15/h3-6,10H,7,12H2,1-2H3. The van der Waals surface area contributed by atoms with E-state index in [4.69, 9.17) is 10.5 Å². The SMILES string of the molecule is COC(=O)C(N)COc1cccc(S(C)(=O)=O)c1. The molecule has 0 aliphatic rings. The van der Waals surface area contributed by atoms with Crippen molar-refractivity contribution in [2.24, 2.45) is 5.73 Å². The fraction of sp³-hybridized carbons (Fsp3) is 0.364. The third kappa shape index (κ3) is 4.01. The maximum Gasteiger partial charge on any atom is 0.326 e. The Hall–Kier alpha value is -1.60. The smallest absolute Gasteiger partial charge is 0.326 e. The van der Waals surface area contributed by atoms with E-state index >= 15 is 0 Å². The normalized spacial score (nSPS) is 12.8. The Bertz CT molecular complexity index is 526. The maximum atomic E-state index is 11.3. The Balaban J connectivity index is 2.72. The van der Waals surface area contributed by atoms with Crippen molar-refractivity contribution in [2.75, 3.05) is 20.0 Å². The molecule has 7 heteroatoms. The summed E-state index contributed by atoms with van der Waals surface area (Å²) in [7, 11) is -2.06. The van der Waals surface area contributed by atoms with Crippen molar-refractivity contribution in [1.29, 1.82) is 0 Å². The van der Waals surface area contributed by atoms with E-state index in [-0.39, 0.29) is 11.5 Å². The van der Waals surface area contributed by atoms with E-state index in [1.54, 1.807) is 12.1 Å². The number of carbonyl (C=O) groups excluding carboxylic acids is 1. The Morgan fingerprint density at radius 1 is 1.44 bits per heavy atom. The van der Waals surface area contributed by atoms with Gasteiger partial charge in [0.2, 0.25) is 0 Å². The van der Waals surface area contributed by atoms with Crippen molar-refractivity contribution in [3.63, 3.8) is 0 Å². The minimum Gasteiger partial charge on any atom is -0.491 e. The Labute approximate surface area is 106 Å². The van der Waals surface area contributed by atoms with Crippen LogP contribution in [0.3, 0.4) is 0 Å². The minimum atomic E-state index is -3.29. The molecule has 0 aliphatic carbocycles. The molecule has 0 radical (unpaired) electrons. The van der Waals surface area contributed by atoms with E-state index < -0.39 is 21.8 Å². The van der Waals surface area contributed by atoms with Crippen LogP contribution in [0.1, 0.15) is 0 Å². The molecule has 18 heavy (non-hydrogen) atoms. The molecule has 100 valence electrons. The van der Waals surface area contributed by atoms with Gasteiger partial charge in [0.15, 0.2) is 9.84 Å². The first-order chi connectivity index (χ1) is 8.34. The number of carbonyl (C=O) groups is 1. The number of hydrogen-bond donors (Lipinski definition) is 1. The number of hydrogen-bond acceptors (Lipinski definition) is 6. The zero-order chi connectivity index (χ0) is 13.8. The van der Waals surface area contributed by atoms with Gasteiger partial charge in [-0.05, 0) is 18.2 Å². The van der Waals surface area contributed by atoms with E-state index in [1.807, 2.05) is 0 Å². The third-order valence-electron chi connectivity index (χ3n) is 2.17. The first kappa shape index (κ1) is 14.5. The first-order valence-corrected chi connectivity index (χ1v) is 7.00. The number of rotatable bonds is 5. The van der Waals surface area contributed by atoms with Crippen LogP contribution in [0, 0.1) is 0 Å². The first-order valence-electron chi connectivity index (χ1n) is 5.11. The summed E-state index contributed by atoms with van der Waals surface area (Å²) in [6.45, 7) is -0.0834. The van der Waals surface area contributed by atoms with Gasteiger partial charge in [-0.1, -0.05) is 6.07 Å². The van der Waals surface area contributed by atoms with Crippen molar-refractivity contribution in [1.82, 2.24) is 0 Å². The molecule has 1 rings (SSSR count). The second-order valence-electron chi connectivity index (χ2n) is 3.69. The molecule has 0 spiro atoms. The molecule has 1 aromatic carbocycles. The van der Waals surface area contributed by atoms with E-state index in [0.717, 1.165) is 6.26 Å². The number of methoxy groups -OCH3 is 1.